The van der Waals surface area contributed by atoms with E-state index in [2.05, 4.69) is 5.32 Å². The number of hydrogen-bond donors (Lipinski definition) is 4. The molecular weight excluding hydrogens is 369 g/mol. The van der Waals surface area contributed by atoms with Gasteiger partial charge in [-0.1, -0.05) is 47.5 Å². The molecule has 8 heteroatoms. The molecule has 0 saturated heterocycles. The molecule has 25 heavy (non-hydrogen) atoms. The van der Waals surface area contributed by atoms with Gasteiger partial charge in [-0.2, -0.15) is 0 Å². The highest BCUT2D eigenvalue weighted by Gasteiger charge is 2.37. The molecule has 1 unspecified atom stereocenters. The zero-order valence-electron chi connectivity index (χ0n) is 12.7. The van der Waals surface area contributed by atoms with Gasteiger partial charge in [0.25, 0.3) is 0 Å². The average Bonchev–Trinajstić information content (AvgIpc) is 2.63. The summed E-state index contributed by atoms with van der Waals surface area (Å²) in [5.74, 6) is -1.62. The number of phenols is 1. The first-order valence-electron chi connectivity index (χ1n) is 7.33. The Hall–Kier alpha value is -2.12. The zero-order valence-corrected chi connectivity index (χ0v) is 14.2. The Morgan fingerprint density at radius 1 is 1.00 bits per heavy atom. The number of carbonyl (C=O) groups is 2. The molecule has 130 valence electrons. The zero-order chi connectivity index (χ0) is 18.3. The quantitative estimate of drug-likeness (QED) is 0.516. The summed E-state index contributed by atoms with van der Waals surface area (Å²) >= 11 is 12.2. The second-order valence-electron chi connectivity index (χ2n) is 5.52. The molecule has 1 aliphatic carbocycles. The number of aliphatic hydroxyl groups is 2. The van der Waals surface area contributed by atoms with Gasteiger partial charge in [-0.3, -0.25) is 9.59 Å². The molecule has 4 N–H and O–H groups in total. The number of carbonyl (C=O) groups excluding carboxylic acids is 2. The maximum Gasteiger partial charge on any atom is 0.198 e. The van der Waals surface area contributed by atoms with E-state index >= 15 is 0 Å². The number of phenolic OH excluding ortho intramolecular Hbond substituents is 1. The minimum Gasteiger partial charge on any atom is -0.506 e. The second kappa shape index (κ2) is 6.65. The van der Waals surface area contributed by atoms with Gasteiger partial charge in [0.2, 0.25) is 0 Å². The third-order valence-corrected chi connectivity index (χ3v) is 4.80. The Kier molecular flexibility index (Phi) is 4.71. The number of aromatic hydroxyl groups is 1. The number of rotatable bonds is 4. The van der Waals surface area contributed by atoms with E-state index in [1.807, 2.05) is 0 Å². The Labute approximate surface area is 152 Å². The van der Waals surface area contributed by atoms with E-state index < -0.39 is 30.0 Å². The van der Waals surface area contributed by atoms with E-state index in [-0.39, 0.29) is 44.5 Å². The molecule has 0 amide bonds. The minimum atomic E-state index is -1.11. The molecule has 3 rings (SSSR count). The van der Waals surface area contributed by atoms with Crippen molar-refractivity contribution in [2.45, 2.75) is 6.10 Å². The largest absolute Gasteiger partial charge is 0.506 e. The maximum absolute atomic E-state index is 12.9. The lowest BCUT2D eigenvalue weighted by Gasteiger charge is -2.24. The Morgan fingerprint density at radius 2 is 1.56 bits per heavy atom. The van der Waals surface area contributed by atoms with E-state index in [4.69, 9.17) is 28.3 Å². The van der Waals surface area contributed by atoms with Crippen molar-refractivity contribution in [2.24, 2.45) is 0 Å². The van der Waals surface area contributed by atoms with Crippen LogP contribution in [0.1, 0.15) is 31.8 Å². The van der Waals surface area contributed by atoms with Crippen LogP contribution in [-0.4, -0.2) is 46.1 Å². The van der Waals surface area contributed by atoms with Gasteiger partial charge in [-0.15, -0.1) is 0 Å². The number of halogens is 2. The first-order chi connectivity index (χ1) is 11.9. The summed E-state index contributed by atoms with van der Waals surface area (Å²) in [4.78, 5) is 25.6. The number of benzene rings is 2. The second-order valence-corrected chi connectivity index (χ2v) is 6.28. The molecule has 0 fully saturated rings. The van der Waals surface area contributed by atoms with E-state index in [0.717, 1.165) is 0 Å². The molecule has 0 heterocycles. The normalized spacial score (nSPS) is 14.1. The van der Waals surface area contributed by atoms with E-state index in [1.165, 1.54) is 12.1 Å². The Bertz CT molecular complexity index is 897. The van der Waals surface area contributed by atoms with Crippen LogP contribution in [0.3, 0.4) is 0 Å². The molecule has 2 aromatic carbocycles. The first kappa shape index (κ1) is 17.7. The molecule has 0 saturated carbocycles. The first-order valence-corrected chi connectivity index (χ1v) is 8.09. The molecule has 6 nitrogen and oxygen atoms in total. The van der Waals surface area contributed by atoms with E-state index in [0.29, 0.717) is 0 Å². The number of ketones is 2. The maximum atomic E-state index is 12.9. The van der Waals surface area contributed by atoms with E-state index in [9.17, 15) is 19.8 Å². The molecule has 0 spiro atoms. The number of nitrogens with one attached hydrogen (secondary N) is 1. The number of aliphatic hydroxyl groups excluding tert-OH is 2. The number of hydrogen-bond acceptors (Lipinski definition) is 6. The third-order valence-electron chi connectivity index (χ3n) is 3.95. The van der Waals surface area contributed by atoms with Crippen LogP contribution < -0.4 is 5.32 Å². The van der Waals surface area contributed by atoms with Crippen LogP contribution in [0.4, 0.5) is 5.69 Å². The molecule has 0 aliphatic heterocycles. The van der Waals surface area contributed by atoms with Crippen LogP contribution >= 0.6 is 23.2 Å². The van der Waals surface area contributed by atoms with Gasteiger partial charge in [0.1, 0.15) is 10.8 Å². The SMILES string of the molecule is O=C1c2ccccc2C(=O)c2c(NCC(O)CO)c(Cl)c(Cl)c(O)c21. The lowest BCUT2D eigenvalue weighted by Crippen LogP contribution is -2.27. The van der Waals surface area contributed by atoms with Gasteiger partial charge in [-0.05, 0) is 0 Å². The van der Waals surface area contributed by atoms with Crippen LogP contribution in [0, 0.1) is 0 Å². The Balaban J connectivity index is 2.24. The summed E-state index contributed by atoms with van der Waals surface area (Å²) in [7, 11) is 0. The third kappa shape index (κ3) is 2.77. The van der Waals surface area contributed by atoms with Gasteiger partial charge in [0, 0.05) is 17.7 Å². The molecule has 0 bridgehead atoms. The fourth-order valence-electron chi connectivity index (χ4n) is 2.72. The van der Waals surface area contributed by atoms with Crippen molar-refractivity contribution in [1.82, 2.24) is 0 Å². The van der Waals surface area contributed by atoms with Crippen molar-refractivity contribution in [3.05, 3.63) is 56.6 Å². The van der Waals surface area contributed by atoms with Gasteiger partial charge < -0.3 is 20.6 Å². The summed E-state index contributed by atoms with van der Waals surface area (Å²) < 4.78 is 0. The van der Waals surface area contributed by atoms with Crippen molar-refractivity contribution in [1.29, 1.82) is 0 Å². The van der Waals surface area contributed by atoms with Crippen molar-refractivity contribution in [3.8, 4) is 5.75 Å². The predicted molar refractivity (Wildman–Crippen MR) is 93.0 cm³/mol. The topological polar surface area (TPSA) is 107 Å². The lowest BCUT2D eigenvalue weighted by molar-refractivity contribution is 0.0976. The summed E-state index contributed by atoms with van der Waals surface area (Å²) in [6.07, 6.45) is -1.11. The van der Waals surface area contributed by atoms with E-state index in [1.54, 1.807) is 12.1 Å². The molecular formula is C17H13Cl2NO5. The number of anilines is 1. The summed E-state index contributed by atoms with van der Waals surface area (Å²) in [5.41, 5.74) is 0.0261. The van der Waals surface area contributed by atoms with Crippen molar-refractivity contribution < 1.29 is 24.9 Å². The van der Waals surface area contributed by atoms with Crippen LogP contribution in [0.5, 0.6) is 5.75 Å². The van der Waals surface area contributed by atoms with Gasteiger partial charge in [0.05, 0.1) is 34.5 Å². The molecule has 1 atom stereocenters. The number of fused-ring (bicyclic) bond motifs is 2. The summed E-state index contributed by atoms with van der Waals surface area (Å²) in [6, 6.07) is 6.23. The standard InChI is InChI=1S/C17H13Cl2NO5/c18-12-13(19)17(25)11-10(14(12)20-5-7(22)6-21)15(23)8-3-1-2-4-9(8)16(11)24/h1-4,7,20-22,25H,5-6H2. The Morgan fingerprint density at radius 3 is 2.12 bits per heavy atom. The van der Waals surface area contributed by atoms with Crippen molar-refractivity contribution in [3.63, 3.8) is 0 Å². The van der Waals surface area contributed by atoms with Crippen LogP contribution in [-0.2, 0) is 0 Å². The fraction of sp³-hybridized carbons (Fsp3) is 0.176. The molecule has 0 radical (unpaired) electrons. The monoisotopic (exact) mass is 381 g/mol. The van der Waals surface area contributed by atoms with Gasteiger partial charge >= 0.3 is 0 Å². The minimum absolute atomic E-state index is 0.0276. The highest BCUT2D eigenvalue weighted by molar-refractivity contribution is 6.47. The average molecular weight is 382 g/mol. The highest BCUT2D eigenvalue weighted by Crippen LogP contribution is 2.46. The van der Waals surface area contributed by atoms with Crippen LogP contribution in [0.2, 0.25) is 10.0 Å². The lowest BCUT2D eigenvalue weighted by atomic mass is 9.82. The molecule has 0 aromatic heterocycles. The fourth-order valence-corrected chi connectivity index (χ4v) is 3.16. The smallest absolute Gasteiger partial charge is 0.198 e. The van der Waals surface area contributed by atoms with Crippen molar-refractivity contribution in [2.75, 3.05) is 18.5 Å². The highest BCUT2D eigenvalue weighted by atomic mass is 35.5. The van der Waals surface area contributed by atoms with Gasteiger partial charge in [-0.25, -0.2) is 0 Å². The van der Waals surface area contributed by atoms with Gasteiger partial charge in [0.15, 0.2) is 11.6 Å². The molecule has 2 aromatic rings. The van der Waals surface area contributed by atoms with Crippen LogP contribution in [0.25, 0.3) is 0 Å². The summed E-state index contributed by atoms with van der Waals surface area (Å²) in [5, 5.41) is 31.0. The predicted octanol–water partition coefficient (Wildman–Crippen LogP) is 2.24. The van der Waals surface area contributed by atoms with Crippen molar-refractivity contribution >= 4 is 40.5 Å². The summed E-state index contributed by atoms with van der Waals surface area (Å²) in [6.45, 7) is -0.638. The van der Waals surface area contributed by atoms with Crippen LogP contribution in [0.15, 0.2) is 24.3 Å². The molecule has 1 aliphatic rings.